The summed E-state index contributed by atoms with van der Waals surface area (Å²) in [5.74, 6) is 2.13. The highest BCUT2D eigenvalue weighted by Gasteiger charge is 2.23. The molecule has 0 saturated carbocycles. The number of nitrogens with one attached hydrogen (secondary N) is 2. The topological polar surface area (TPSA) is 82.8 Å². The SMILES string of the molecule is CCNC(=NCc1coc(-c2cccs2)n1)N1CCC(CC(=O)NC)CC1.I. The van der Waals surface area contributed by atoms with Gasteiger partial charge in [0.15, 0.2) is 5.96 Å². The van der Waals surface area contributed by atoms with Crippen LogP contribution in [0.5, 0.6) is 0 Å². The van der Waals surface area contributed by atoms with Crippen LogP contribution in [-0.2, 0) is 11.3 Å². The Bertz CT molecular complexity index is 754. The van der Waals surface area contributed by atoms with Gasteiger partial charge in [-0.1, -0.05) is 6.07 Å². The predicted octanol–water partition coefficient (Wildman–Crippen LogP) is 3.33. The summed E-state index contributed by atoms with van der Waals surface area (Å²) in [6, 6.07) is 3.98. The number of guanidine groups is 1. The molecule has 9 heteroatoms. The van der Waals surface area contributed by atoms with Gasteiger partial charge in [0, 0.05) is 33.1 Å². The Balaban J connectivity index is 0.00000280. The van der Waals surface area contributed by atoms with Gasteiger partial charge in [-0.15, -0.1) is 35.3 Å². The molecule has 1 amide bonds. The molecule has 3 rings (SSSR count). The summed E-state index contributed by atoms with van der Waals surface area (Å²) in [5.41, 5.74) is 0.823. The maximum absolute atomic E-state index is 11.6. The number of piperidine rings is 1. The Labute approximate surface area is 187 Å². The zero-order valence-corrected chi connectivity index (χ0v) is 19.5. The van der Waals surface area contributed by atoms with Crippen molar-refractivity contribution in [1.82, 2.24) is 20.5 Å². The Hall–Kier alpha value is -1.62. The van der Waals surface area contributed by atoms with Gasteiger partial charge < -0.3 is 20.0 Å². The number of nitrogens with zero attached hydrogens (tertiary/aromatic N) is 3. The minimum absolute atomic E-state index is 0. The van der Waals surface area contributed by atoms with Crippen molar-refractivity contribution in [3.8, 4) is 10.8 Å². The van der Waals surface area contributed by atoms with Gasteiger partial charge in [-0.25, -0.2) is 9.98 Å². The van der Waals surface area contributed by atoms with E-state index in [1.807, 2.05) is 17.5 Å². The third-order valence-electron chi connectivity index (χ3n) is 4.68. The average molecular weight is 517 g/mol. The van der Waals surface area contributed by atoms with Crippen molar-refractivity contribution >= 4 is 47.2 Å². The molecule has 0 spiro atoms. The van der Waals surface area contributed by atoms with E-state index in [1.165, 1.54) is 0 Å². The zero-order valence-electron chi connectivity index (χ0n) is 16.3. The molecule has 0 radical (unpaired) electrons. The van der Waals surface area contributed by atoms with Crippen LogP contribution in [0.2, 0.25) is 0 Å². The number of likely N-dealkylation sites (tertiary alicyclic amines) is 1. The fourth-order valence-corrected chi connectivity index (χ4v) is 3.84. The molecule has 1 aliphatic rings. The van der Waals surface area contributed by atoms with Crippen LogP contribution in [0.4, 0.5) is 0 Å². The minimum Gasteiger partial charge on any atom is -0.443 e. The molecule has 0 bridgehead atoms. The first kappa shape index (κ1) is 22.7. The first-order chi connectivity index (χ1) is 13.2. The summed E-state index contributed by atoms with van der Waals surface area (Å²) >= 11 is 1.61. The van der Waals surface area contributed by atoms with Crippen molar-refractivity contribution in [3.63, 3.8) is 0 Å². The molecule has 7 nitrogen and oxygen atoms in total. The van der Waals surface area contributed by atoms with Crippen LogP contribution in [0.25, 0.3) is 10.8 Å². The van der Waals surface area contributed by atoms with Gasteiger partial charge in [-0.2, -0.15) is 0 Å². The molecule has 28 heavy (non-hydrogen) atoms. The van der Waals surface area contributed by atoms with Gasteiger partial charge in [0.25, 0.3) is 0 Å². The highest BCUT2D eigenvalue weighted by atomic mass is 127. The van der Waals surface area contributed by atoms with E-state index in [2.05, 4.69) is 27.4 Å². The monoisotopic (exact) mass is 517 g/mol. The van der Waals surface area contributed by atoms with E-state index in [0.29, 0.717) is 24.8 Å². The van der Waals surface area contributed by atoms with E-state index in [9.17, 15) is 4.79 Å². The summed E-state index contributed by atoms with van der Waals surface area (Å²) in [6.45, 7) is 5.18. The largest absolute Gasteiger partial charge is 0.443 e. The van der Waals surface area contributed by atoms with Crippen molar-refractivity contribution in [2.45, 2.75) is 32.7 Å². The Morgan fingerprint density at radius 1 is 1.43 bits per heavy atom. The number of carbonyl (C=O) groups excluding carboxylic acids is 1. The fraction of sp³-hybridized carbons (Fsp3) is 0.526. The van der Waals surface area contributed by atoms with Crippen LogP contribution < -0.4 is 10.6 Å². The van der Waals surface area contributed by atoms with Crippen molar-refractivity contribution in [2.24, 2.45) is 10.9 Å². The third-order valence-corrected chi connectivity index (χ3v) is 5.53. The smallest absolute Gasteiger partial charge is 0.236 e. The molecule has 1 fully saturated rings. The number of hydrogen-bond acceptors (Lipinski definition) is 5. The van der Waals surface area contributed by atoms with Gasteiger partial charge in [-0.3, -0.25) is 4.79 Å². The highest BCUT2D eigenvalue weighted by molar-refractivity contribution is 14.0. The molecular formula is C19H28IN5O2S. The lowest BCUT2D eigenvalue weighted by atomic mass is 9.93. The quantitative estimate of drug-likeness (QED) is 0.349. The zero-order chi connectivity index (χ0) is 19.1. The van der Waals surface area contributed by atoms with Crippen molar-refractivity contribution in [1.29, 1.82) is 0 Å². The summed E-state index contributed by atoms with van der Waals surface area (Å²) in [7, 11) is 1.70. The van der Waals surface area contributed by atoms with Crippen molar-refractivity contribution in [3.05, 3.63) is 29.5 Å². The van der Waals surface area contributed by atoms with E-state index in [1.54, 1.807) is 24.6 Å². The number of hydrogen-bond donors (Lipinski definition) is 2. The predicted molar refractivity (Wildman–Crippen MR) is 123 cm³/mol. The maximum Gasteiger partial charge on any atom is 0.236 e. The first-order valence-corrected chi connectivity index (χ1v) is 10.3. The molecule has 154 valence electrons. The molecular weight excluding hydrogens is 489 g/mol. The number of carbonyl (C=O) groups is 1. The number of aliphatic imine (C=N–C) groups is 1. The number of halogens is 1. The Kier molecular flexibility index (Phi) is 9.23. The number of oxazole rings is 1. The number of amides is 1. The lowest BCUT2D eigenvalue weighted by molar-refractivity contribution is -0.121. The second-order valence-electron chi connectivity index (χ2n) is 6.60. The Morgan fingerprint density at radius 2 is 2.21 bits per heavy atom. The second-order valence-corrected chi connectivity index (χ2v) is 7.55. The molecule has 1 aliphatic heterocycles. The molecule has 0 unspecified atom stereocenters. The van der Waals surface area contributed by atoms with Crippen molar-refractivity contribution in [2.75, 3.05) is 26.7 Å². The van der Waals surface area contributed by atoms with Crippen LogP contribution in [0.3, 0.4) is 0 Å². The van der Waals surface area contributed by atoms with Gasteiger partial charge in [0.2, 0.25) is 11.8 Å². The number of aromatic nitrogens is 1. The molecule has 2 aromatic rings. The summed E-state index contributed by atoms with van der Waals surface area (Å²) in [6.07, 6.45) is 4.30. The van der Waals surface area contributed by atoms with E-state index in [0.717, 1.165) is 49.0 Å². The number of rotatable bonds is 6. The highest BCUT2D eigenvalue weighted by Crippen LogP contribution is 2.24. The normalized spacial score (nSPS) is 15.2. The third kappa shape index (κ3) is 6.20. The Morgan fingerprint density at radius 3 is 2.86 bits per heavy atom. The molecule has 3 heterocycles. The van der Waals surface area contributed by atoms with Gasteiger partial charge in [0.1, 0.15) is 12.0 Å². The fourth-order valence-electron chi connectivity index (χ4n) is 3.19. The van der Waals surface area contributed by atoms with E-state index in [4.69, 9.17) is 9.41 Å². The van der Waals surface area contributed by atoms with Gasteiger partial charge in [0.05, 0.1) is 11.4 Å². The molecule has 2 N–H and O–H groups in total. The summed E-state index contributed by atoms with van der Waals surface area (Å²) < 4.78 is 5.57. The first-order valence-electron chi connectivity index (χ1n) is 9.41. The number of thiophene rings is 1. The lowest BCUT2D eigenvalue weighted by Gasteiger charge is -2.34. The van der Waals surface area contributed by atoms with Crippen LogP contribution in [0.1, 0.15) is 31.9 Å². The van der Waals surface area contributed by atoms with Crippen LogP contribution in [0.15, 0.2) is 33.2 Å². The van der Waals surface area contributed by atoms with Gasteiger partial charge in [-0.05, 0) is 37.1 Å². The average Bonchev–Trinajstić information content (AvgIpc) is 3.37. The van der Waals surface area contributed by atoms with Gasteiger partial charge >= 0.3 is 0 Å². The van der Waals surface area contributed by atoms with E-state index in [-0.39, 0.29) is 29.9 Å². The molecule has 0 aliphatic carbocycles. The standard InChI is InChI=1S/C19H27N5O2S.HI/c1-3-21-19(24-8-6-14(7-9-24)11-17(25)20-2)22-12-15-13-26-18(23-15)16-5-4-10-27-16;/h4-5,10,13-14H,3,6-9,11-12H2,1-2H3,(H,20,25)(H,21,22);1H. The summed E-state index contributed by atoms with van der Waals surface area (Å²) in [4.78, 5) is 24.1. The maximum atomic E-state index is 11.6. The van der Waals surface area contributed by atoms with Crippen LogP contribution >= 0.6 is 35.3 Å². The van der Waals surface area contributed by atoms with E-state index >= 15 is 0 Å². The summed E-state index contributed by atoms with van der Waals surface area (Å²) in [5, 5.41) is 8.09. The van der Waals surface area contributed by atoms with Crippen LogP contribution in [-0.4, -0.2) is 48.4 Å². The second kappa shape index (κ2) is 11.4. The molecule has 0 aromatic carbocycles. The molecule has 2 aromatic heterocycles. The van der Waals surface area contributed by atoms with Crippen molar-refractivity contribution < 1.29 is 9.21 Å². The van der Waals surface area contributed by atoms with E-state index < -0.39 is 0 Å². The molecule has 1 saturated heterocycles. The van der Waals surface area contributed by atoms with Crippen LogP contribution in [0, 0.1) is 5.92 Å². The molecule has 0 atom stereocenters. The lowest BCUT2D eigenvalue weighted by Crippen LogP contribution is -2.46. The minimum atomic E-state index is 0.